The Morgan fingerprint density at radius 2 is 2.00 bits per heavy atom. The molecule has 2 aromatic rings. The molecule has 0 saturated carbocycles. The normalized spacial score (nSPS) is 10.3. The van der Waals surface area contributed by atoms with Crippen LogP contribution in [0.2, 0.25) is 10.0 Å². The Hall–Kier alpha value is -1.57. The Balaban J connectivity index is 2.28. The average Bonchev–Trinajstić information content (AvgIpc) is 2.79. The van der Waals surface area contributed by atoms with E-state index < -0.39 is 10.8 Å². The van der Waals surface area contributed by atoms with Crippen molar-refractivity contribution in [2.75, 3.05) is 5.32 Å². The molecule has 0 aliphatic rings. The van der Waals surface area contributed by atoms with Gasteiger partial charge in [0.2, 0.25) is 0 Å². The lowest BCUT2D eigenvalue weighted by Gasteiger charge is -2.06. The number of hydrogen-bond acceptors (Lipinski definition) is 4. The number of rotatable bonds is 3. The standard InChI is InChI=1S/C11H5BrCl2N2O4/c12-10-2-1-9(20-10)11(17)15-7-3-6(14)8(16(18)19)4-5(7)13/h1-4H,(H,15,17). The lowest BCUT2D eigenvalue weighted by atomic mass is 10.2. The van der Waals surface area contributed by atoms with Gasteiger partial charge in [0.1, 0.15) is 5.02 Å². The second-order valence-electron chi connectivity index (χ2n) is 3.60. The maximum Gasteiger partial charge on any atom is 0.291 e. The van der Waals surface area contributed by atoms with E-state index in [1.165, 1.54) is 12.1 Å². The molecule has 1 amide bonds. The van der Waals surface area contributed by atoms with E-state index in [2.05, 4.69) is 21.2 Å². The molecule has 2 rings (SSSR count). The van der Waals surface area contributed by atoms with Crippen LogP contribution in [-0.4, -0.2) is 10.8 Å². The Labute approximate surface area is 130 Å². The van der Waals surface area contributed by atoms with Gasteiger partial charge in [0.25, 0.3) is 11.6 Å². The van der Waals surface area contributed by atoms with Crippen LogP contribution in [-0.2, 0) is 0 Å². The zero-order chi connectivity index (χ0) is 14.9. The van der Waals surface area contributed by atoms with Crippen LogP contribution in [0.25, 0.3) is 0 Å². The molecule has 0 aliphatic carbocycles. The van der Waals surface area contributed by atoms with E-state index in [-0.39, 0.29) is 27.2 Å². The molecule has 9 heteroatoms. The van der Waals surface area contributed by atoms with E-state index >= 15 is 0 Å². The highest BCUT2D eigenvalue weighted by Gasteiger charge is 2.18. The van der Waals surface area contributed by atoms with E-state index in [1.807, 2.05) is 0 Å². The van der Waals surface area contributed by atoms with Gasteiger partial charge in [0.05, 0.1) is 15.6 Å². The first kappa shape index (κ1) is 14.8. The Morgan fingerprint density at radius 3 is 2.55 bits per heavy atom. The number of furan rings is 1. The molecule has 0 bridgehead atoms. The van der Waals surface area contributed by atoms with Crippen LogP contribution in [0.4, 0.5) is 11.4 Å². The van der Waals surface area contributed by atoms with Gasteiger partial charge in [-0.05, 0) is 34.1 Å². The van der Waals surface area contributed by atoms with E-state index in [9.17, 15) is 14.9 Å². The van der Waals surface area contributed by atoms with Gasteiger partial charge in [-0.1, -0.05) is 23.2 Å². The third-order valence-electron chi connectivity index (χ3n) is 2.28. The maximum absolute atomic E-state index is 11.8. The average molecular weight is 380 g/mol. The molecule has 0 spiro atoms. The summed E-state index contributed by atoms with van der Waals surface area (Å²) in [6, 6.07) is 5.29. The molecule has 1 aromatic heterocycles. The van der Waals surface area contributed by atoms with Crippen molar-refractivity contribution in [1.82, 2.24) is 0 Å². The van der Waals surface area contributed by atoms with Crippen molar-refractivity contribution in [3.63, 3.8) is 0 Å². The van der Waals surface area contributed by atoms with Crippen molar-refractivity contribution in [1.29, 1.82) is 0 Å². The van der Waals surface area contributed by atoms with Gasteiger partial charge < -0.3 is 9.73 Å². The minimum Gasteiger partial charge on any atom is -0.444 e. The quantitative estimate of drug-likeness (QED) is 0.627. The number of benzene rings is 1. The number of nitrogens with one attached hydrogen (secondary N) is 1. The van der Waals surface area contributed by atoms with Crippen LogP contribution in [0.1, 0.15) is 10.6 Å². The summed E-state index contributed by atoms with van der Waals surface area (Å²) in [5, 5.41) is 13.0. The lowest BCUT2D eigenvalue weighted by molar-refractivity contribution is -0.384. The highest BCUT2D eigenvalue weighted by molar-refractivity contribution is 9.10. The van der Waals surface area contributed by atoms with Crippen LogP contribution in [0.15, 0.2) is 33.4 Å². The summed E-state index contributed by atoms with van der Waals surface area (Å²) in [5.74, 6) is -0.495. The number of carbonyl (C=O) groups is 1. The fourth-order valence-corrected chi connectivity index (χ4v) is 2.14. The third-order valence-corrected chi connectivity index (χ3v) is 3.32. The lowest BCUT2D eigenvalue weighted by Crippen LogP contribution is -2.11. The molecule has 0 aliphatic heterocycles. The fourth-order valence-electron chi connectivity index (χ4n) is 1.39. The summed E-state index contributed by atoms with van der Waals surface area (Å²) in [7, 11) is 0. The van der Waals surface area contributed by atoms with Gasteiger partial charge in [-0.15, -0.1) is 0 Å². The van der Waals surface area contributed by atoms with Crippen LogP contribution in [0, 0.1) is 10.1 Å². The zero-order valence-corrected chi connectivity index (χ0v) is 12.6. The number of carbonyl (C=O) groups excluding carboxylic acids is 1. The summed E-state index contributed by atoms with van der Waals surface area (Å²) < 4.78 is 5.47. The highest BCUT2D eigenvalue weighted by Crippen LogP contribution is 2.34. The Morgan fingerprint density at radius 1 is 1.30 bits per heavy atom. The van der Waals surface area contributed by atoms with Crippen LogP contribution >= 0.6 is 39.1 Å². The van der Waals surface area contributed by atoms with E-state index in [1.54, 1.807) is 6.07 Å². The summed E-state index contributed by atoms with van der Waals surface area (Å²) in [6.07, 6.45) is 0. The minimum atomic E-state index is -0.663. The van der Waals surface area contributed by atoms with Crippen LogP contribution < -0.4 is 5.32 Å². The summed E-state index contributed by atoms with van der Waals surface area (Å²) >= 11 is 14.7. The van der Waals surface area contributed by atoms with Gasteiger partial charge in [-0.25, -0.2) is 0 Å². The molecule has 1 N–H and O–H groups in total. The topological polar surface area (TPSA) is 85.4 Å². The monoisotopic (exact) mass is 378 g/mol. The molecule has 0 atom stereocenters. The number of nitrogens with zero attached hydrogens (tertiary/aromatic N) is 1. The predicted octanol–water partition coefficient (Wildman–Crippen LogP) is 4.51. The van der Waals surface area contributed by atoms with Crippen molar-refractivity contribution in [2.24, 2.45) is 0 Å². The predicted molar refractivity (Wildman–Crippen MR) is 77.5 cm³/mol. The third kappa shape index (κ3) is 3.12. The van der Waals surface area contributed by atoms with Crippen molar-refractivity contribution in [2.45, 2.75) is 0 Å². The van der Waals surface area contributed by atoms with Gasteiger partial charge in [0.15, 0.2) is 10.4 Å². The van der Waals surface area contributed by atoms with Crippen LogP contribution in [0.5, 0.6) is 0 Å². The largest absolute Gasteiger partial charge is 0.444 e. The van der Waals surface area contributed by atoms with Crippen LogP contribution in [0.3, 0.4) is 0 Å². The van der Waals surface area contributed by atoms with Crippen molar-refractivity contribution in [3.8, 4) is 0 Å². The zero-order valence-electron chi connectivity index (χ0n) is 9.52. The summed E-state index contributed by atoms with van der Waals surface area (Å²) in [6.45, 7) is 0. The molecule has 1 aromatic carbocycles. The van der Waals surface area contributed by atoms with Gasteiger partial charge >= 0.3 is 0 Å². The molecule has 0 radical (unpaired) electrons. The van der Waals surface area contributed by atoms with Gasteiger partial charge in [-0.3, -0.25) is 14.9 Å². The number of anilines is 1. The molecular formula is C11H5BrCl2N2O4. The number of nitro benzene ring substituents is 1. The molecule has 0 fully saturated rings. The number of halogens is 3. The van der Waals surface area contributed by atoms with Crippen molar-refractivity contribution < 1.29 is 14.1 Å². The van der Waals surface area contributed by atoms with Crippen molar-refractivity contribution >= 4 is 56.4 Å². The molecule has 20 heavy (non-hydrogen) atoms. The Bertz CT molecular complexity index is 702. The first-order valence-corrected chi connectivity index (χ1v) is 6.63. The minimum absolute atomic E-state index is 0.0000665. The number of hydrogen-bond donors (Lipinski definition) is 1. The first-order chi connectivity index (χ1) is 9.38. The fraction of sp³-hybridized carbons (Fsp3) is 0. The molecule has 1 heterocycles. The van der Waals surface area contributed by atoms with Gasteiger partial charge in [-0.2, -0.15) is 0 Å². The molecule has 0 saturated heterocycles. The molecular weight excluding hydrogens is 375 g/mol. The second kappa shape index (κ2) is 5.82. The van der Waals surface area contributed by atoms with E-state index in [0.717, 1.165) is 6.07 Å². The summed E-state index contributed by atoms with van der Waals surface area (Å²) in [5.41, 5.74) is -0.185. The second-order valence-corrected chi connectivity index (χ2v) is 5.19. The highest BCUT2D eigenvalue weighted by atomic mass is 79.9. The van der Waals surface area contributed by atoms with Gasteiger partial charge in [0, 0.05) is 6.07 Å². The first-order valence-electron chi connectivity index (χ1n) is 5.08. The van der Waals surface area contributed by atoms with E-state index in [4.69, 9.17) is 27.6 Å². The number of nitro groups is 1. The SMILES string of the molecule is O=C(Nc1cc(Cl)c([N+](=O)[O-])cc1Cl)c1ccc(Br)o1. The van der Waals surface area contributed by atoms with E-state index in [0.29, 0.717) is 4.67 Å². The number of amides is 1. The van der Waals surface area contributed by atoms with Crippen molar-refractivity contribution in [3.05, 3.63) is 54.9 Å². The maximum atomic E-state index is 11.8. The summed E-state index contributed by atoms with van der Waals surface area (Å²) in [4.78, 5) is 21.9. The molecule has 6 nitrogen and oxygen atoms in total. The molecule has 0 unspecified atom stereocenters. The molecule has 104 valence electrons. The smallest absolute Gasteiger partial charge is 0.291 e. The Kier molecular flexibility index (Phi) is 4.32.